The highest BCUT2D eigenvalue weighted by molar-refractivity contribution is 7.99. The van der Waals surface area contributed by atoms with Gasteiger partial charge in [-0.05, 0) is 137 Å². The highest BCUT2D eigenvalue weighted by Gasteiger charge is 2.43. The SMILES string of the molecule is COC(=O)[C@@H]1NC(=O)[C@H]2NC(=O)[C@H](NC(=O)[C@@H]3NC(=O)[C@H]4NC(=O)[C@H](NC(=O)[C@H](n5cc6ccccc6c5Sc5ncccn5)c5ccc(O)c(c5)Oc5cc4cc(O)c5C)[C@H](O)c4ccc(cc4)Oc4cc3cc(c4O)Oc3ccc(cc3)[C@H]2O)c2ccc(O)c(c2)-c2c(O)cc(O)cc21. The molecule has 0 saturated carbocycles. The van der Waals surface area contributed by atoms with E-state index in [1.54, 1.807) is 35.0 Å². The lowest BCUT2D eigenvalue weighted by Crippen LogP contribution is -2.55. The molecule has 6 aliphatic heterocycles. The third-order valence-corrected chi connectivity index (χ3v) is 18.7. The Labute approximate surface area is 574 Å². The summed E-state index contributed by atoms with van der Waals surface area (Å²) in [5.74, 6) is -13.7. The van der Waals surface area contributed by atoms with Crippen LogP contribution in [0.4, 0.5) is 0 Å². The predicted octanol–water partition coefficient (Wildman–Crippen LogP) is 7.05. The summed E-state index contributed by atoms with van der Waals surface area (Å²) in [6.45, 7) is 1.45. The van der Waals surface area contributed by atoms with E-state index < -0.39 is 142 Å². The third kappa shape index (κ3) is 12.4. The molecule has 14 N–H and O–H groups in total. The van der Waals surface area contributed by atoms with Gasteiger partial charge in [-0.1, -0.05) is 60.7 Å². The highest BCUT2D eigenvalue weighted by atomic mass is 32.2. The van der Waals surface area contributed by atoms with Crippen LogP contribution in [0.15, 0.2) is 180 Å². The minimum absolute atomic E-state index is 0.00192. The molecule has 29 heteroatoms. The average Bonchev–Trinajstić information content (AvgIpc) is 1.75. The van der Waals surface area contributed by atoms with Gasteiger partial charge in [-0.25, -0.2) is 14.8 Å². The van der Waals surface area contributed by atoms with Crippen molar-refractivity contribution in [2.75, 3.05) is 7.11 Å². The lowest BCUT2D eigenvalue weighted by Gasteiger charge is -2.32. The number of benzene rings is 8. The lowest BCUT2D eigenvalue weighted by molar-refractivity contribution is -0.146. The van der Waals surface area contributed by atoms with Gasteiger partial charge >= 0.3 is 5.97 Å². The second-order valence-corrected chi connectivity index (χ2v) is 25.0. The second kappa shape index (κ2) is 26.2. The molecule has 9 atom stereocenters. The number of aliphatic hydroxyl groups excluding tert-OH is 2. The number of phenols is 6. The Kier molecular flexibility index (Phi) is 17.0. The van der Waals surface area contributed by atoms with E-state index in [2.05, 4.69) is 41.9 Å². The molecule has 0 spiro atoms. The van der Waals surface area contributed by atoms with Gasteiger partial charge in [0.1, 0.15) is 88.7 Å². The maximum atomic E-state index is 16.0. The molecule has 101 heavy (non-hydrogen) atoms. The first-order valence-electron chi connectivity index (χ1n) is 31.0. The Morgan fingerprint density at radius 2 is 1.04 bits per heavy atom. The van der Waals surface area contributed by atoms with Crippen LogP contribution in [-0.2, 0) is 38.3 Å². The number of phenolic OH excluding ortho intramolecular Hbond substituents is 6. The van der Waals surface area contributed by atoms with Gasteiger partial charge in [0.15, 0.2) is 34.2 Å². The van der Waals surface area contributed by atoms with Crippen LogP contribution in [0, 0.1) is 6.92 Å². The molecule has 0 radical (unpaired) electrons. The van der Waals surface area contributed by atoms with Gasteiger partial charge in [0.05, 0.1) is 12.1 Å². The Bertz CT molecular complexity index is 5080. The summed E-state index contributed by atoms with van der Waals surface area (Å²) in [5, 5.41) is 112. The van der Waals surface area contributed by atoms with Crippen LogP contribution in [0.1, 0.15) is 86.9 Å². The van der Waals surface area contributed by atoms with Gasteiger partial charge in [0.2, 0.25) is 41.2 Å². The zero-order chi connectivity index (χ0) is 70.8. The first kappa shape index (κ1) is 65.4. The quantitative estimate of drug-likeness (QED) is 0.0619. The van der Waals surface area contributed by atoms with Crippen LogP contribution in [0.3, 0.4) is 0 Å². The number of carbonyl (C=O) groups is 7. The zero-order valence-corrected chi connectivity index (χ0v) is 53.5. The zero-order valence-electron chi connectivity index (χ0n) is 52.7. The first-order chi connectivity index (χ1) is 48.6. The lowest BCUT2D eigenvalue weighted by atomic mass is 9.89. The first-order valence-corrected chi connectivity index (χ1v) is 31.9. The fourth-order valence-corrected chi connectivity index (χ4v) is 13.5. The van der Waals surface area contributed by atoms with Gasteiger partial charge in [-0.15, -0.1) is 0 Å². The Balaban J connectivity index is 0.958. The van der Waals surface area contributed by atoms with Crippen molar-refractivity contribution in [2.24, 2.45) is 0 Å². The fraction of sp³-hybridized carbons (Fsp3) is 0.153. The molecule has 16 rings (SSSR count). The number of methoxy groups -OCH3 is 1. The average molecular weight is 1380 g/mol. The molecule has 6 amide bonds. The summed E-state index contributed by atoms with van der Waals surface area (Å²) in [6, 6.07) is 19.4. The summed E-state index contributed by atoms with van der Waals surface area (Å²) >= 11 is 1.11. The fourth-order valence-electron chi connectivity index (χ4n) is 12.5. The number of ether oxygens (including phenoxy) is 4. The number of nitrogens with zero attached hydrogens (tertiary/aromatic N) is 3. The van der Waals surface area contributed by atoms with Gasteiger partial charge < -0.3 is 96.3 Å². The van der Waals surface area contributed by atoms with Crippen molar-refractivity contribution in [3.8, 4) is 80.1 Å². The number of aromatic hydroxyl groups is 6. The Hall–Kier alpha value is -12.9. The van der Waals surface area contributed by atoms with Gasteiger partial charge in [-0.3, -0.25) is 28.8 Å². The second-order valence-electron chi connectivity index (χ2n) is 24.0. The molecule has 0 aliphatic carbocycles. The van der Waals surface area contributed by atoms with Crippen molar-refractivity contribution >= 4 is 63.9 Å². The summed E-state index contributed by atoms with van der Waals surface area (Å²) in [5.41, 5.74) is -1.76. The van der Waals surface area contributed by atoms with E-state index in [0.29, 0.717) is 15.8 Å². The van der Waals surface area contributed by atoms with E-state index in [1.165, 1.54) is 98.2 Å². The van der Waals surface area contributed by atoms with Gasteiger partial charge in [0, 0.05) is 57.7 Å². The number of hydrogen-bond acceptors (Lipinski definition) is 22. The number of carbonyl (C=O) groups excluding carboxylic acids is 7. The summed E-state index contributed by atoms with van der Waals surface area (Å²) < 4.78 is 25.7. The number of nitrogens with one attached hydrogen (secondary N) is 6. The minimum atomic E-state index is -2.17. The van der Waals surface area contributed by atoms with E-state index in [4.69, 9.17) is 18.9 Å². The molecule has 10 aromatic rings. The molecule has 2 aromatic heterocycles. The Morgan fingerprint density at radius 3 is 1.68 bits per heavy atom. The number of esters is 1. The molecule has 17 bridgehead atoms. The van der Waals surface area contributed by atoms with Crippen LogP contribution in [0.2, 0.25) is 0 Å². The van der Waals surface area contributed by atoms with Crippen LogP contribution in [0.25, 0.3) is 21.9 Å². The largest absolute Gasteiger partial charge is 0.508 e. The Morgan fingerprint density at radius 1 is 0.505 bits per heavy atom. The maximum absolute atomic E-state index is 16.0. The van der Waals surface area contributed by atoms with Crippen molar-refractivity contribution in [1.29, 1.82) is 0 Å². The van der Waals surface area contributed by atoms with E-state index >= 15 is 24.0 Å². The van der Waals surface area contributed by atoms with Crippen molar-refractivity contribution in [3.63, 3.8) is 0 Å². The minimum Gasteiger partial charge on any atom is -0.508 e. The van der Waals surface area contributed by atoms with E-state index in [9.17, 15) is 50.4 Å². The highest BCUT2D eigenvalue weighted by Crippen LogP contribution is 2.48. The molecule has 8 heterocycles. The maximum Gasteiger partial charge on any atom is 0.333 e. The van der Waals surface area contributed by atoms with Gasteiger partial charge in [0.25, 0.3) is 0 Å². The smallest absolute Gasteiger partial charge is 0.333 e. The summed E-state index contributed by atoms with van der Waals surface area (Å²) in [7, 11) is 0.978. The normalized spacial score (nSPS) is 21.1. The number of aliphatic hydroxyl groups is 2. The molecule has 8 aromatic carbocycles. The third-order valence-electron chi connectivity index (χ3n) is 17.7. The van der Waals surface area contributed by atoms with Crippen LogP contribution >= 0.6 is 11.8 Å². The number of fused-ring (bicyclic) bond motifs is 15. The monoisotopic (exact) mass is 1380 g/mol. The van der Waals surface area contributed by atoms with Crippen molar-refractivity contribution < 1.29 is 93.4 Å². The molecule has 0 saturated heterocycles. The van der Waals surface area contributed by atoms with E-state index in [0.717, 1.165) is 61.3 Å². The van der Waals surface area contributed by atoms with E-state index in [1.807, 2.05) is 6.07 Å². The number of hydrogen-bond donors (Lipinski definition) is 14. The molecule has 28 nitrogen and oxygen atoms in total. The number of rotatable bonds is 4. The summed E-state index contributed by atoms with van der Waals surface area (Å²) in [4.78, 5) is 117. The van der Waals surface area contributed by atoms with Crippen LogP contribution < -0.4 is 46.1 Å². The van der Waals surface area contributed by atoms with E-state index in [-0.39, 0.29) is 83.8 Å². The number of amides is 6. The standard InChI is InChI=1S/C72H57N9O19S/c1-31-47(85)23-37-25-49(31)100-50-24-35(13-19-46(50)84)60(81-30-36-6-3-4-7-42(36)70(81)101-72-73-20-5-21-74-72)69(95)80-59-62(88)33-10-16-41(17-11-33)99-52-27-38-26-51(63(52)89)98-40-14-8-32(9-15-40)61(87)58-68(94)78-57(71(96)97-2)44-28-39(82)29-48(86)53(44)43-22-34(12-18-45(43)83)54(64(90)79-58)75-66(92)56(38)76-65(91)55(37)77-67(59)93/h3-30,54-62,82-89H,1-2H3,(H,75,92)(H,76,91)(H,77,93)(H,78,94)(H,79,90)(H,80,95)/t54-,55+,56-,57-,58+,59-,60-,61-,62-/m1/s1. The van der Waals surface area contributed by atoms with Crippen molar-refractivity contribution in [1.82, 2.24) is 46.4 Å². The number of aromatic nitrogens is 3. The van der Waals surface area contributed by atoms with Crippen LogP contribution in [0.5, 0.6) is 69.0 Å². The molecule has 6 aliphatic rings. The van der Waals surface area contributed by atoms with Crippen molar-refractivity contribution in [2.45, 2.75) is 71.6 Å². The van der Waals surface area contributed by atoms with Gasteiger partial charge in [-0.2, -0.15) is 0 Å². The molecule has 0 fully saturated rings. The molecule has 510 valence electrons. The molecular formula is C72H57N9O19S. The summed E-state index contributed by atoms with van der Waals surface area (Å²) in [6.07, 6.45) is 0.742. The molecule has 0 unspecified atom stereocenters. The van der Waals surface area contributed by atoms with Crippen LogP contribution in [-0.4, -0.2) is 116 Å². The molecular weight excluding hydrogens is 1330 g/mol. The van der Waals surface area contributed by atoms with Crippen molar-refractivity contribution in [3.05, 3.63) is 215 Å². The topological polar surface area (TPSA) is 421 Å². The predicted molar refractivity (Wildman–Crippen MR) is 355 cm³/mol.